The second kappa shape index (κ2) is 6.04. The highest BCUT2D eigenvalue weighted by atomic mass is 16.5. The third-order valence-corrected chi connectivity index (χ3v) is 9.10. The standard InChI is InChI=1S/C22H34O5/c1-14(24)27-13-22(26)10-9-21-11-16(22)18(25)15(21)5-6-17-19(2,12-23)7-4-8-20(17,21)3/h5,16-18,23,25-26H,4,6-13H2,1-3H3/t16-,17-,18-,19-,20-,21-,22-/m0/s1. The van der Waals surface area contributed by atoms with Crippen molar-refractivity contribution in [2.24, 2.45) is 28.1 Å². The zero-order valence-corrected chi connectivity index (χ0v) is 16.8. The van der Waals surface area contributed by atoms with Gasteiger partial charge in [-0.2, -0.15) is 0 Å². The molecule has 1 spiro atoms. The summed E-state index contributed by atoms with van der Waals surface area (Å²) in [5.74, 6) is -0.307. The first kappa shape index (κ1) is 19.4. The summed E-state index contributed by atoms with van der Waals surface area (Å²) in [5.41, 5.74) is -0.231. The minimum absolute atomic E-state index is 0.0192. The molecule has 7 atom stereocenters. The van der Waals surface area contributed by atoms with Crippen LogP contribution in [0.5, 0.6) is 0 Å². The Morgan fingerprint density at radius 2 is 2.00 bits per heavy atom. The quantitative estimate of drug-likeness (QED) is 0.519. The molecule has 4 aliphatic carbocycles. The van der Waals surface area contributed by atoms with Crippen molar-refractivity contribution in [2.45, 2.75) is 77.4 Å². The number of carbonyl (C=O) groups excluding carboxylic acids is 1. The highest BCUT2D eigenvalue weighted by Gasteiger charge is 2.69. The highest BCUT2D eigenvalue weighted by molar-refractivity contribution is 5.66. The molecule has 0 radical (unpaired) electrons. The average Bonchev–Trinajstić information content (AvgIpc) is 2.89. The van der Waals surface area contributed by atoms with Crippen molar-refractivity contribution in [1.82, 2.24) is 0 Å². The van der Waals surface area contributed by atoms with Crippen molar-refractivity contribution in [1.29, 1.82) is 0 Å². The normalized spacial score (nSPS) is 51.2. The summed E-state index contributed by atoms with van der Waals surface area (Å²) < 4.78 is 5.16. The lowest BCUT2D eigenvalue weighted by molar-refractivity contribution is -0.172. The summed E-state index contributed by atoms with van der Waals surface area (Å²) in [4.78, 5) is 11.3. The summed E-state index contributed by atoms with van der Waals surface area (Å²) in [6, 6.07) is 0. The first-order valence-electron chi connectivity index (χ1n) is 10.5. The molecule has 5 heteroatoms. The third-order valence-electron chi connectivity index (χ3n) is 9.10. The van der Waals surface area contributed by atoms with E-state index in [1.165, 1.54) is 6.92 Å². The van der Waals surface area contributed by atoms with Gasteiger partial charge >= 0.3 is 5.97 Å². The van der Waals surface area contributed by atoms with Gasteiger partial charge in [0.15, 0.2) is 0 Å². The molecule has 0 heterocycles. The van der Waals surface area contributed by atoms with Crippen LogP contribution in [0.3, 0.4) is 0 Å². The van der Waals surface area contributed by atoms with E-state index in [1.54, 1.807) is 0 Å². The number of aliphatic hydroxyl groups excluding tert-OH is 2. The maximum Gasteiger partial charge on any atom is 0.302 e. The first-order valence-corrected chi connectivity index (χ1v) is 10.5. The van der Waals surface area contributed by atoms with E-state index < -0.39 is 17.7 Å². The molecule has 5 nitrogen and oxygen atoms in total. The van der Waals surface area contributed by atoms with Crippen LogP contribution in [-0.4, -0.2) is 46.2 Å². The number of aliphatic hydroxyl groups is 3. The van der Waals surface area contributed by atoms with Gasteiger partial charge < -0.3 is 20.1 Å². The summed E-state index contributed by atoms with van der Waals surface area (Å²) in [6.45, 7) is 6.10. The van der Waals surface area contributed by atoms with E-state index in [-0.39, 0.29) is 35.4 Å². The number of allylic oxidation sites excluding steroid dienone is 1. The summed E-state index contributed by atoms with van der Waals surface area (Å²) in [7, 11) is 0. The molecule has 3 N–H and O–H groups in total. The summed E-state index contributed by atoms with van der Waals surface area (Å²) in [5, 5.41) is 32.6. The van der Waals surface area contributed by atoms with Gasteiger partial charge in [-0.3, -0.25) is 4.79 Å². The molecule has 3 fully saturated rings. The lowest BCUT2D eigenvalue weighted by Crippen LogP contribution is -2.58. The number of ether oxygens (including phenoxy) is 1. The fraction of sp³-hybridized carbons (Fsp3) is 0.864. The van der Waals surface area contributed by atoms with Crippen molar-refractivity contribution in [3.8, 4) is 0 Å². The van der Waals surface area contributed by atoms with Gasteiger partial charge in [0.1, 0.15) is 12.2 Å². The number of carbonyl (C=O) groups is 1. The lowest BCUT2D eigenvalue weighted by atomic mass is 9.41. The Kier molecular flexibility index (Phi) is 4.34. The molecule has 0 aromatic heterocycles. The fourth-order valence-electron chi connectivity index (χ4n) is 7.55. The molecule has 0 aliphatic heterocycles. The van der Waals surface area contributed by atoms with Crippen molar-refractivity contribution in [3.63, 3.8) is 0 Å². The molecule has 4 aliphatic rings. The second-order valence-electron chi connectivity index (χ2n) is 10.3. The Hall–Kier alpha value is -0.910. The van der Waals surface area contributed by atoms with Crippen molar-refractivity contribution >= 4 is 5.97 Å². The molecule has 0 unspecified atom stereocenters. The van der Waals surface area contributed by atoms with Gasteiger partial charge in [0.25, 0.3) is 0 Å². The number of rotatable bonds is 3. The third kappa shape index (κ3) is 2.44. The molecule has 152 valence electrons. The van der Waals surface area contributed by atoms with Crippen LogP contribution in [0.1, 0.15) is 65.7 Å². The minimum Gasteiger partial charge on any atom is -0.463 e. The smallest absolute Gasteiger partial charge is 0.302 e. The Morgan fingerprint density at radius 3 is 2.67 bits per heavy atom. The predicted molar refractivity (Wildman–Crippen MR) is 101 cm³/mol. The Bertz CT molecular complexity index is 674. The zero-order valence-electron chi connectivity index (χ0n) is 16.8. The Balaban J connectivity index is 1.72. The van der Waals surface area contributed by atoms with Crippen LogP contribution in [0.4, 0.5) is 0 Å². The average molecular weight is 379 g/mol. The first-order chi connectivity index (χ1) is 12.6. The van der Waals surface area contributed by atoms with Crippen LogP contribution in [0, 0.1) is 28.1 Å². The SMILES string of the molecule is CC(=O)OC[C@@]1(O)CC[C@]23C[C@H]1[C@@H](O)C2=CC[C@H]1[C@](C)(CO)CCC[C@@]13C. The molecular formula is C22H34O5. The van der Waals surface area contributed by atoms with E-state index >= 15 is 0 Å². The van der Waals surface area contributed by atoms with Crippen LogP contribution in [-0.2, 0) is 9.53 Å². The maximum atomic E-state index is 11.3. The topological polar surface area (TPSA) is 87.0 Å². The van der Waals surface area contributed by atoms with Crippen LogP contribution >= 0.6 is 0 Å². The van der Waals surface area contributed by atoms with E-state index in [1.807, 2.05) is 0 Å². The zero-order chi connectivity index (χ0) is 19.7. The van der Waals surface area contributed by atoms with Gasteiger partial charge in [-0.1, -0.05) is 26.3 Å². The van der Waals surface area contributed by atoms with Gasteiger partial charge in [-0.15, -0.1) is 0 Å². The lowest BCUT2D eigenvalue weighted by Gasteiger charge is -2.63. The Labute approximate surface area is 161 Å². The van der Waals surface area contributed by atoms with Crippen molar-refractivity contribution in [2.75, 3.05) is 13.2 Å². The van der Waals surface area contributed by atoms with Crippen LogP contribution in [0.25, 0.3) is 0 Å². The molecule has 0 aromatic rings. The molecule has 27 heavy (non-hydrogen) atoms. The van der Waals surface area contributed by atoms with E-state index in [0.29, 0.717) is 12.3 Å². The van der Waals surface area contributed by atoms with Gasteiger partial charge in [-0.05, 0) is 60.8 Å². The number of hydrogen-bond acceptors (Lipinski definition) is 5. The predicted octanol–water partition coefficient (Wildman–Crippen LogP) is 2.58. The molecule has 0 aromatic carbocycles. The van der Waals surface area contributed by atoms with E-state index in [4.69, 9.17) is 4.74 Å². The molecule has 0 amide bonds. The van der Waals surface area contributed by atoms with Gasteiger partial charge in [0, 0.05) is 24.9 Å². The van der Waals surface area contributed by atoms with Crippen molar-refractivity contribution in [3.05, 3.63) is 11.6 Å². The molecule has 4 rings (SSSR count). The number of fused-ring (bicyclic) bond motifs is 2. The monoisotopic (exact) mass is 378 g/mol. The van der Waals surface area contributed by atoms with Gasteiger partial charge in [0.2, 0.25) is 0 Å². The highest BCUT2D eigenvalue weighted by Crippen LogP contribution is 2.73. The molecule has 2 bridgehead atoms. The Morgan fingerprint density at radius 1 is 1.26 bits per heavy atom. The summed E-state index contributed by atoms with van der Waals surface area (Å²) in [6.07, 6.45) is 7.76. The van der Waals surface area contributed by atoms with E-state index in [9.17, 15) is 20.1 Å². The van der Waals surface area contributed by atoms with E-state index in [0.717, 1.165) is 44.1 Å². The minimum atomic E-state index is -1.16. The van der Waals surface area contributed by atoms with Crippen molar-refractivity contribution < 1.29 is 24.9 Å². The largest absolute Gasteiger partial charge is 0.463 e. The van der Waals surface area contributed by atoms with Crippen LogP contribution < -0.4 is 0 Å². The van der Waals surface area contributed by atoms with Gasteiger partial charge in [-0.25, -0.2) is 0 Å². The molecular weight excluding hydrogens is 344 g/mol. The second-order valence-corrected chi connectivity index (χ2v) is 10.3. The van der Waals surface area contributed by atoms with E-state index in [2.05, 4.69) is 19.9 Å². The van der Waals surface area contributed by atoms with Gasteiger partial charge in [0.05, 0.1) is 6.10 Å². The maximum absolute atomic E-state index is 11.3. The summed E-state index contributed by atoms with van der Waals surface area (Å²) >= 11 is 0. The number of esters is 1. The van der Waals surface area contributed by atoms with Crippen LogP contribution in [0.15, 0.2) is 11.6 Å². The van der Waals surface area contributed by atoms with Crippen LogP contribution in [0.2, 0.25) is 0 Å². The fourth-order valence-corrected chi connectivity index (χ4v) is 7.55. The number of hydrogen-bond donors (Lipinski definition) is 3. The molecule has 0 saturated heterocycles. The molecule has 3 saturated carbocycles.